The number of aliphatic hydroxyl groups is 1. The summed E-state index contributed by atoms with van der Waals surface area (Å²) in [7, 11) is 3.02. The third-order valence-corrected chi connectivity index (χ3v) is 3.50. The molecule has 0 aliphatic carbocycles. The first kappa shape index (κ1) is 12.7. The van der Waals surface area contributed by atoms with Crippen molar-refractivity contribution in [3.8, 4) is 5.75 Å². The maximum absolute atomic E-state index is 9.32. The zero-order valence-corrected chi connectivity index (χ0v) is 10.9. The summed E-state index contributed by atoms with van der Waals surface area (Å²) in [5.74, 6) is 0.799. The number of aliphatic hydroxyl groups excluding tert-OH is 1. The van der Waals surface area contributed by atoms with Gasteiger partial charge in [0.15, 0.2) is 0 Å². The highest BCUT2D eigenvalue weighted by atomic mass is 33.1. The van der Waals surface area contributed by atoms with E-state index in [2.05, 4.69) is 11.7 Å². The van der Waals surface area contributed by atoms with E-state index in [0.717, 1.165) is 16.2 Å². The zero-order chi connectivity index (χ0) is 11.5. The molecule has 0 aliphatic heterocycles. The summed E-state index contributed by atoms with van der Waals surface area (Å²) in [4.78, 5) is 1.03. The number of hydrogen-bond donors (Lipinski definition) is 2. The van der Waals surface area contributed by atoms with Gasteiger partial charge in [0, 0.05) is 15.9 Å². The Labute approximate surface area is 99.8 Å². The highest BCUT2D eigenvalue weighted by molar-refractivity contribution is 8.68. The molecule has 4 heteroatoms. The monoisotopic (exact) mass is 244 g/mol. The van der Waals surface area contributed by atoms with Crippen LogP contribution in [-0.4, -0.2) is 18.8 Å². The van der Waals surface area contributed by atoms with Crippen molar-refractivity contribution in [2.75, 3.05) is 13.7 Å². The number of ether oxygens (including phenoxy) is 1. The van der Waals surface area contributed by atoms with Crippen LogP contribution in [0.25, 0.3) is 0 Å². The normalized spacial score (nSPS) is 11.5. The Bertz CT molecular complexity index is 337. The van der Waals surface area contributed by atoms with Gasteiger partial charge in [-0.2, -0.15) is 0 Å². The van der Waals surface area contributed by atoms with Crippen molar-refractivity contribution in [3.05, 3.63) is 23.8 Å². The van der Waals surface area contributed by atoms with Crippen LogP contribution in [0.5, 0.6) is 5.75 Å². The van der Waals surface area contributed by atoms with Gasteiger partial charge in [0.25, 0.3) is 0 Å². The standard InChI is InChI=1S/C11H16O2S2/c1-11(2,7-12)9-5-4-8(15-14)6-10(9)13-3/h4-6,12,14H,7H2,1-3H3. The first-order valence-corrected chi connectivity index (χ1v) is 6.53. The fraction of sp³-hybridized carbons (Fsp3) is 0.455. The second-order valence-electron chi connectivity index (χ2n) is 4.00. The van der Waals surface area contributed by atoms with Gasteiger partial charge >= 0.3 is 0 Å². The van der Waals surface area contributed by atoms with E-state index in [1.807, 2.05) is 32.0 Å². The van der Waals surface area contributed by atoms with Crippen LogP contribution in [0.15, 0.2) is 23.1 Å². The summed E-state index contributed by atoms with van der Waals surface area (Å²) >= 11 is 4.14. The molecular weight excluding hydrogens is 228 g/mol. The van der Waals surface area contributed by atoms with Crippen LogP contribution in [0.2, 0.25) is 0 Å². The van der Waals surface area contributed by atoms with Crippen LogP contribution in [0, 0.1) is 0 Å². The van der Waals surface area contributed by atoms with Crippen LogP contribution < -0.4 is 4.74 Å². The quantitative estimate of drug-likeness (QED) is 0.630. The minimum absolute atomic E-state index is 0.0940. The van der Waals surface area contributed by atoms with E-state index in [1.165, 1.54) is 10.8 Å². The molecule has 0 spiro atoms. The predicted octanol–water partition coefficient (Wildman–Crippen LogP) is 2.90. The summed E-state index contributed by atoms with van der Waals surface area (Å²) in [5.41, 5.74) is 0.726. The summed E-state index contributed by atoms with van der Waals surface area (Å²) in [6.45, 7) is 4.06. The van der Waals surface area contributed by atoms with Crippen LogP contribution in [0.3, 0.4) is 0 Å². The smallest absolute Gasteiger partial charge is 0.123 e. The molecular formula is C11H16O2S2. The molecule has 0 fully saturated rings. The second kappa shape index (κ2) is 5.14. The van der Waals surface area contributed by atoms with Gasteiger partial charge in [-0.05, 0) is 12.1 Å². The Hall–Kier alpha value is -0.320. The molecule has 2 nitrogen and oxygen atoms in total. The average Bonchev–Trinajstić information content (AvgIpc) is 2.28. The van der Waals surface area contributed by atoms with Crippen molar-refractivity contribution in [2.45, 2.75) is 24.2 Å². The number of rotatable bonds is 4. The molecule has 84 valence electrons. The zero-order valence-electron chi connectivity index (χ0n) is 9.15. The summed E-state index contributed by atoms with van der Waals surface area (Å²) < 4.78 is 5.32. The molecule has 0 bridgehead atoms. The molecule has 0 saturated heterocycles. The lowest BCUT2D eigenvalue weighted by molar-refractivity contribution is 0.214. The van der Waals surface area contributed by atoms with Gasteiger partial charge in [0.2, 0.25) is 0 Å². The lowest BCUT2D eigenvalue weighted by Crippen LogP contribution is -2.22. The maximum atomic E-state index is 9.32. The molecule has 0 unspecified atom stereocenters. The molecule has 1 rings (SSSR count). The van der Waals surface area contributed by atoms with Gasteiger partial charge in [-0.25, -0.2) is 0 Å². The summed E-state index contributed by atoms with van der Waals surface area (Å²) in [6.07, 6.45) is 0. The average molecular weight is 244 g/mol. The molecule has 0 aromatic heterocycles. The summed E-state index contributed by atoms with van der Waals surface area (Å²) in [5, 5.41) is 9.32. The van der Waals surface area contributed by atoms with Crippen molar-refractivity contribution >= 4 is 22.5 Å². The Morgan fingerprint density at radius 2 is 2.13 bits per heavy atom. The van der Waals surface area contributed by atoms with Gasteiger partial charge < -0.3 is 9.84 Å². The van der Waals surface area contributed by atoms with Crippen molar-refractivity contribution in [3.63, 3.8) is 0 Å². The minimum atomic E-state index is -0.287. The van der Waals surface area contributed by atoms with Crippen LogP contribution in [0.1, 0.15) is 19.4 Å². The lowest BCUT2D eigenvalue weighted by Gasteiger charge is -2.24. The minimum Gasteiger partial charge on any atom is -0.496 e. The van der Waals surface area contributed by atoms with Crippen molar-refractivity contribution in [1.29, 1.82) is 0 Å². The Kier molecular flexibility index (Phi) is 4.37. The van der Waals surface area contributed by atoms with Gasteiger partial charge in [0.05, 0.1) is 13.7 Å². The molecule has 1 aromatic carbocycles. The molecule has 0 aliphatic rings. The molecule has 15 heavy (non-hydrogen) atoms. The summed E-state index contributed by atoms with van der Waals surface area (Å²) in [6, 6.07) is 5.89. The fourth-order valence-electron chi connectivity index (χ4n) is 1.37. The Balaban J connectivity index is 3.18. The van der Waals surface area contributed by atoms with E-state index in [4.69, 9.17) is 4.74 Å². The fourth-order valence-corrected chi connectivity index (χ4v) is 2.00. The van der Waals surface area contributed by atoms with E-state index in [0.29, 0.717) is 0 Å². The van der Waals surface area contributed by atoms with Crippen LogP contribution in [-0.2, 0) is 5.41 Å². The van der Waals surface area contributed by atoms with Crippen LogP contribution in [0.4, 0.5) is 0 Å². The molecule has 0 atom stereocenters. The first-order chi connectivity index (χ1) is 7.05. The SMILES string of the molecule is COc1cc(SS)ccc1C(C)(C)CO. The largest absolute Gasteiger partial charge is 0.496 e. The van der Waals surface area contributed by atoms with E-state index in [1.54, 1.807) is 7.11 Å². The van der Waals surface area contributed by atoms with Gasteiger partial charge in [-0.3, -0.25) is 0 Å². The third kappa shape index (κ3) is 2.83. The van der Waals surface area contributed by atoms with Crippen molar-refractivity contribution < 1.29 is 9.84 Å². The lowest BCUT2D eigenvalue weighted by atomic mass is 9.85. The molecule has 0 radical (unpaired) electrons. The predicted molar refractivity (Wildman–Crippen MR) is 67.9 cm³/mol. The third-order valence-electron chi connectivity index (χ3n) is 2.40. The highest BCUT2D eigenvalue weighted by Crippen LogP contribution is 2.35. The van der Waals surface area contributed by atoms with Crippen LogP contribution >= 0.6 is 22.5 Å². The Morgan fingerprint density at radius 3 is 2.60 bits per heavy atom. The van der Waals surface area contributed by atoms with Crippen molar-refractivity contribution in [2.24, 2.45) is 0 Å². The molecule has 0 saturated carbocycles. The second-order valence-corrected chi connectivity index (χ2v) is 5.20. The van der Waals surface area contributed by atoms with E-state index >= 15 is 0 Å². The number of hydrogen-bond acceptors (Lipinski definition) is 4. The molecule has 1 N–H and O–H groups in total. The molecule has 0 amide bonds. The number of methoxy groups -OCH3 is 1. The highest BCUT2D eigenvalue weighted by Gasteiger charge is 2.23. The molecule has 0 heterocycles. The van der Waals surface area contributed by atoms with Crippen molar-refractivity contribution in [1.82, 2.24) is 0 Å². The van der Waals surface area contributed by atoms with E-state index < -0.39 is 0 Å². The number of benzene rings is 1. The van der Waals surface area contributed by atoms with E-state index in [9.17, 15) is 5.11 Å². The first-order valence-electron chi connectivity index (χ1n) is 4.66. The van der Waals surface area contributed by atoms with Gasteiger partial charge in [0.1, 0.15) is 5.75 Å². The van der Waals surface area contributed by atoms with Gasteiger partial charge in [-0.15, -0.1) is 11.7 Å². The number of thiol groups is 1. The Morgan fingerprint density at radius 1 is 1.47 bits per heavy atom. The van der Waals surface area contributed by atoms with Gasteiger partial charge in [-0.1, -0.05) is 30.7 Å². The maximum Gasteiger partial charge on any atom is 0.123 e. The van der Waals surface area contributed by atoms with E-state index in [-0.39, 0.29) is 12.0 Å². The topological polar surface area (TPSA) is 29.5 Å². The molecule has 1 aromatic rings.